The predicted molar refractivity (Wildman–Crippen MR) is 55.1 cm³/mol. The molecule has 0 aromatic carbocycles. The second kappa shape index (κ2) is 8.12. The maximum absolute atomic E-state index is 10.3. The van der Waals surface area contributed by atoms with Crippen molar-refractivity contribution in [2.24, 2.45) is 0 Å². The minimum Gasteiger partial charge on any atom is -0.481 e. The van der Waals surface area contributed by atoms with Gasteiger partial charge in [0.2, 0.25) is 0 Å². The van der Waals surface area contributed by atoms with E-state index in [4.69, 9.17) is 14.2 Å². The van der Waals surface area contributed by atoms with Crippen LogP contribution in [0.25, 0.3) is 0 Å². The molecule has 0 unspecified atom stereocenters. The smallest absolute Gasteiger partial charge is 0.304 e. The van der Waals surface area contributed by atoms with E-state index in [9.17, 15) is 4.79 Å². The molecule has 84 valence electrons. The molecule has 0 bridgehead atoms. The molecule has 0 rings (SSSR count). The highest BCUT2D eigenvalue weighted by atomic mass is 31.2. The van der Waals surface area contributed by atoms with E-state index < -0.39 is 14.5 Å². The summed E-state index contributed by atoms with van der Waals surface area (Å²) in [7, 11) is 0.723. The molecule has 0 amide bonds. The molecule has 6 heteroatoms. The lowest BCUT2D eigenvalue weighted by molar-refractivity contribution is -0.137. The van der Waals surface area contributed by atoms with Crippen LogP contribution in [0.5, 0.6) is 0 Å². The Morgan fingerprint density at radius 1 is 1.36 bits per heavy atom. The van der Waals surface area contributed by atoms with Gasteiger partial charge in [0.05, 0.1) is 19.6 Å². The van der Waals surface area contributed by atoms with Crippen LogP contribution in [0.2, 0.25) is 0 Å². The fourth-order valence-corrected chi connectivity index (χ4v) is 1.97. The highest BCUT2D eigenvalue weighted by molar-refractivity contribution is 7.44. The molecule has 0 aromatic heterocycles. The van der Waals surface area contributed by atoms with Crippen molar-refractivity contribution >= 4 is 14.5 Å². The fourth-order valence-electron chi connectivity index (χ4n) is 0.794. The molecule has 0 aliphatic rings. The van der Waals surface area contributed by atoms with Gasteiger partial charge in [-0.2, -0.15) is 0 Å². The Kier molecular flexibility index (Phi) is 7.99. The highest BCUT2D eigenvalue weighted by Gasteiger charge is 2.16. The van der Waals surface area contributed by atoms with Gasteiger partial charge in [0.15, 0.2) is 0 Å². The predicted octanol–water partition coefficient (Wildman–Crippen LogP) is 1.69. The van der Waals surface area contributed by atoms with Crippen molar-refractivity contribution in [3.8, 4) is 0 Å². The van der Waals surface area contributed by atoms with Crippen molar-refractivity contribution in [2.75, 3.05) is 26.8 Å². The first-order valence-corrected chi connectivity index (χ1v) is 5.73. The molecule has 0 aromatic rings. The molecule has 0 spiro atoms. The fraction of sp³-hybridized carbons (Fsp3) is 0.875. The maximum Gasteiger partial charge on any atom is 0.304 e. The van der Waals surface area contributed by atoms with Crippen molar-refractivity contribution in [2.45, 2.75) is 20.3 Å². The summed E-state index contributed by atoms with van der Waals surface area (Å²) >= 11 is 0. The number of carbonyl (C=O) groups is 1. The zero-order valence-electron chi connectivity index (χ0n) is 8.89. The first-order valence-electron chi connectivity index (χ1n) is 4.60. The molecule has 0 saturated carbocycles. The van der Waals surface area contributed by atoms with Gasteiger partial charge in [0.1, 0.15) is 0 Å². The Hall–Kier alpha value is -0.220. The molecule has 0 aliphatic heterocycles. The topological polar surface area (TPSA) is 59.0 Å². The van der Waals surface area contributed by atoms with Crippen LogP contribution >= 0.6 is 8.53 Å². The van der Waals surface area contributed by atoms with Gasteiger partial charge in [-0.15, -0.1) is 0 Å². The van der Waals surface area contributed by atoms with E-state index >= 15 is 0 Å². The van der Waals surface area contributed by atoms with Gasteiger partial charge in [-0.05, 0) is 20.9 Å². The van der Waals surface area contributed by atoms with Gasteiger partial charge < -0.3 is 14.2 Å². The van der Waals surface area contributed by atoms with Gasteiger partial charge in [-0.1, -0.05) is 0 Å². The summed E-state index contributed by atoms with van der Waals surface area (Å²) in [5.41, 5.74) is 0. The quantitative estimate of drug-likeness (QED) is 0.634. The average molecular weight is 223 g/mol. The number of rotatable bonds is 8. The van der Waals surface area contributed by atoms with Gasteiger partial charge in [-0.3, -0.25) is 4.79 Å². The average Bonchev–Trinajstić information content (AvgIpc) is 2.14. The van der Waals surface area contributed by atoms with E-state index in [0.29, 0.717) is 19.8 Å². The van der Waals surface area contributed by atoms with Gasteiger partial charge in [-0.25, -0.2) is 4.67 Å². The highest BCUT2D eigenvalue weighted by Crippen LogP contribution is 2.40. The largest absolute Gasteiger partial charge is 0.481 e. The first kappa shape index (κ1) is 13.8. The van der Waals surface area contributed by atoms with Crippen LogP contribution in [0, 0.1) is 0 Å². The van der Waals surface area contributed by atoms with Crippen LogP contribution in [-0.4, -0.2) is 42.6 Å². The van der Waals surface area contributed by atoms with Crippen molar-refractivity contribution < 1.29 is 18.9 Å². The number of carboxylic acids is 1. The van der Waals surface area contributed by atoms with Gasteiger partial charge in [0, 0.05) is 6.54 Å². The van der Waals surface area contributed by atoms with Crippen LogP contribution in [0.3, 0.4) is 0 Å². The maximum atomic E-state index is 10.3. The van der Waals surface area contributed by atoms with Crippen molar-refractivity contribution in [3.63, 3.8) is 0 Å². The van der Waals surface area contributed by atoms with E-state index in [2.05, 4.69) is 0 Å². The molecule has 1 N–H and O–H groups in total. The molecule has 0 atom stereocenters. The Labute approximate surface area is 86.0 Å². The third-order valence-corrected chi connectivity index (χ3v) is 3.12. The summed E-state index contributed by atoms with van der Waals surface area (Å²) in [5.74, 6) is -0.806. The zero-order valence-corrected chi connectivity index (χ0v) is 9.79. The zero-order chi connectivity index (χ0) is 11.0. The van der Waals surface area contributed by atoms with Crippen molar-refractivity contribution in [1.29, 1.82) is 0 Å². The summed E-state index contributed by atoms with van der Waals surface area (Å²) in [5, 5.41) is 8.50. The molecule has 14 heavy (non-hydrogen) atoms. The lowest BCUT2D eigenvalue weighted by atomic mass is 10.4. The van der Waals surface area contributed by atoms with Crippen molar-refractivity contribution in [3.05, 3.63) is 0 Å². The molecule has 5 nitrogen and oxygen atoms in total. The standard InChI is InChI=1S/C8H18NO4P/c1-4-12-14(13-5-2)9(3)7-6-8(10)11/h4-7H2,1-3H3,(H,10,11). The molecular weight excluding hydrogens is 205 g/mol. The summed E-state index contributed by atoms with van der Waals surface area (Å²) < 4.78 is 12.5. The summed E-state index contributed by atoms with van der Waals surface area (Å²) in [6.07, 6.45) is 0.107. The lowest BCUT2D eigenvalue weighted by Gasteiger charge is -2.24. The first-order chi connectivity index (χ1) is 6.61. The summed E-state index contributed by atoms with van der Waals surface area (Å²) in [4.78, 5) is 10.3. The molecule has 0 fully saturated rings. The molecule has 0 aliphatic carbocycles. The molecule has 0 heterocycles. The SMILES string of the molecule is CCOP(OCC)N(C)CCC(=O)O. The molecular formula is C8H18NO4P. The van der Waals surface area contributed by atoms with E-state index in [1.54, 1.807) is 11.7 Å². The Morgan fingerprint density at radius 3 is 2.21 bits per heavy atom. The van der Waals surface area contributed by atoms with Crippen molar-refractivity contribution in [1.82, 2.24) is 4.67 Å². The van der Waals surface area contributed by atoms with E-state index in [-0.39, 0.29) is 6.42 Å². The second-order valence-corrected chi connectivity index (χ2v) is 4.27. The molecule has 0 radical (unpaired) electrons. The van der Waals surface area contributed by atoms with Crippen LogP contribution < -0.4 is 0 Å². The number of nitrogens with zero attached hydrogens (tertiary/aromatic N) is 1. The van der Waals surface area contributed by atoms with Crippen LogP contribution in [0.1, 0.15) is 20.3 Å². The Bertz CT molecular complexity index is 161. The minimum atomic E-state index is -1.08. The number of aliphatic carboxylic acids is 1. The number of hydrogen-bond donors (Lipinski definition) is 1. The Morgan fingerprint density at radius 2 is 1.86 bits per heavy atom. The van der Waals surface area contributed by atoms with Crippen LogP contribution in [-0.2, 0) is 13.8 Å². The summed E-state index contributed by atoms with van der Waals surface area (Å²) in [6.45, 7) is 5.37. The van der Waals surface area contributed by atoms with E-state index in [1.807, 2.05) is 13.8 Å². The van der Waals surface area contributed by atoms with Gasteiger partial charge >= 0.3 is 5.97 Å². The lowest BCUT2D eigenvalue weighted by Crippen LogP contribution is -2.19. The van der Waals surface area contributed by atoms with E-state index in [0.717, 1.165) is 0 Å². The second-order valence-electron chi connectivity index (χ2n) is 2.60. The summed E-state index contributed by atoms with van der Waals surface area (Å²) in [6, 6.07) is 0. The Balaban J connectivity index is 3.86. The van der Waals surface area contributed by atoms with E-state index in [1.165, 1.54) is 0 Å². The minimum absolute atomic E-state index is 0.107. The van der Waals surface area contributed by atoms with Gasteiger partial charge in [0.25, 0.3) is 8.53 Å². The number of carboxylic acid groups (broad SMARTS) is 1. The van der Waals surface area contributed by atoms with Crippen LogP contribution in [0.15, 0.2) is 0 Å². The van der Waals surface area contributed by atoms with Crippen LogP contribution in [0.4, 0.5) is 0 Å². The normalized spacial score (nSPS) is 11.2. The third-order valence-electron chi connectivity index (χ3n) is 1.41. The number of hydrogen-bond acceptors (Lipinski definition) is 4. The monoisotopic (exact) mass is 223 g/mol. The molecule has 0 saturated heterocycles. The third kappa shape index (κ3) is 6.27.